The summed E-state index contributed by atoms with van der Waals surface area (Å²) < 4.78 is 11.2. The number of amides is 1. The first-order valence-electron chi connectivity index (χ1n) is 8.93. The summed E-state index contributed by atoms with van der Waals surface area (Å²) in [6.45, 7) is 7.77. The molecule has 2 rings (SSSR count). The molecule has 0 spiro atoms. The second-order valence-corrected chi connectivity index (χ2v) is 7.34. The number of carbonyl (C=O) groups excluding carboxylic acids is 1. The molecule has 0 aliphatic carbocycles. The summed E-state index contributed by atoms with van der Waals surface area (Å²) in [6, 6.07) is 6.10. The van der Waals surface area contributed by atoms with E-state index in [1.807, 2.05) is 43.9 Å². The van der Waals surface area contributed by atoms with Crippen LogP contribution in [0.25, 0.3) is 0 Å². The van der Waals surface area contributed by atoms with Gasteiger partial charge in [-0.15, -0.1) is 0 Å². The fourth-order valence-electron chi connectivity index (χ4n) is 2.94. The van der Waals surface area contributed by atoms with Crippen LogP contribution in [0.15, 0.2) is 24.4 Å². The molecular formula is C19H30N2O3. The monoisotopic (exact) mass is 334 g/mol. The van der Waals surface area contributed by atoms with Gasteiger partial charge in [0, 0.05) is 25.4 Å². The number of pyridine rings is 1. The molecule has 5 heteroatoms. The molecular weight excluding hydrogens is 304 g/mol. The summed E-state index contributed by atoms with van der Waals surface area (Å²) in [4.78, 5) is 18.5. The minimum atomic E-state index is -0.440. The zero-order valence-corrected chi connectivity index (χ0v) is 15.2. The molecule has 0 aromatic carbocycles. The Morgan fingerprint density at radius 2 is 2.17 bits per heavy atom. The quantitative estimate of drug-likeness (QED) is 0.733. The Morgan fingerprint density at radius 3 is 2.88 bits per heavy atom. The van der Waals surface area contributed by atoms with E-state index in [1.54, 1.807) is 6.20 Å². The van der Waals surface area contributed by atoms with Gasteiger partial charge in [-0.2, -0.15) is 0 Å². The van der Waals surface area contributed by atoms with Crippen LogP contribution in [-0.4, -0.2) is 40.8 Å². The molecule has 0 saturated carbocycles. The van der Waals surface area contributed by atoms with Gasteiger partial charge in [-0.25, -0.2) is 4.79 Å². The van der Waals surface area contributed by atoms with Crippen LogP contribution in [0.1, 0.15) is 58.6 Å². The standard InChI is InChI=1S/C19H30N2O3/c1-19(2,3)24-18(22)21-13-7-5-10-17(21)11-8-14-23-15-16-9-4-6-12-20-16/h4,6,9,12,17H,5,7-8,10-11,13-15H2,1-3H3/t17-/m0/s1. The number of hydrogen-bond acceptors (Lipinski definition) is 4. The number of ether oxygens (including phenoxy) is 2. The summed E-state index contributed by atoms with van der Waals surface area (Å²) in [5.41, 5.74) is 0.510. The summed E-state index contributed by atoms with van der Waals surface area (Å²) >= 11 is 0. The van der Waals surface area contributed by atoms with E-state index in [-0.39, 0.29) is 12.1 Å². The third-order valence-electron chi connectivity index (χ3n) is 4.06. The normalized spacial score (nSPS) is 18.5. The van der Waals surface area contributed by atoms with Gasteiger partial charge in [-0.1, -0.05) is 6.07 Å². The summed E-state index contributed by atoms with van der Waals surface area (Å²) in [6.07, 6.45) is 6.79. The van der Waals surface area contributed by atoms with E-state index >= 15 is 0 Å². The number of aromatic nitrogens is 1. The first-order valence-corrected chi connectivity index (χ1v) is 8.93. The fourth-order valence-corrected chi connectivity index (χ4v) is 2.94. The van der Waals surface area contributed by atoms with Gasteiger partial charge in [-0.05, 0) is 65.0 Å². The Morgan fingerprint density at radius 1 is 1.33 bits per heavy atom. The molecule has 1 amide bonds. The highest BCUT2D eigenvalue weighted by molar-refractivity contribution is 5.68. The van der Waals surface area contributed by atoms with Crippen molar-refractivity contribution < 1.29 is 14.3 Å². The van der Waals surface area contributed by atoms with Gasteiger partial charge in [0.25, 0.3) is 0 Å². The van der Waals surface area contributed by atoms with Crippen LogP contribution in [0.3, 0.4) is 0 Å². The van der Waals surface area contributed by atoms with Gasteiger partial charge in [0.15, 0.2) is 0 Å². The number of nitrogens with zero attached hydrogens (tertiary/aromatic N) is 2. The molecule has 2 heterocycles. The van der Waals surface area contributed by atoms with E-state index in [0.717, 1.165) is 37.9 Å². The van der Waals surface area contributed by atoms with Gasteiger partial charge in [0.1, 0.15) is 5.60 Å². The van der Waals surface area contributed by atoms with Gasteiger partial charge in [-0.3, -0.25) is 4.98 Å². The molecule has 1 aliphatic heterocycles. The lowest BCUT2D eigenvalue weighted by Gasteiger charge is -2.36. The number of likely N-dealkylation sites (tertiary alicyclic amines) is 1. The van der Waals surface area contributed by atoms with Crippen molar-refractivity contribution in [2.24, 2.45) is 0 Å². The van der Waals surface area contributed by atoms with E-state index in [0.29, 0.717) is 13.2 Å². The number of rotatable bonds is 6. The van der Waals surface area contributed by atoms with Crippen molar-refractivity contribution in [2.75, 3.05) is 13.2 Å². The Kier molecular flexibility index (Phi) is 7.03. The number of carbonyl (C=O) groups is 1. The van der Waals surface area contributed by atoms with Gasteiger partial charge < -0.3 is 14.4 Å². The van der Waals surface area contributed by atoms with Crippen LogP contribution >= 0.6 is 0 Å². The largest absolute Gasteiger partial charge is 0.444 e. The predicted octanol–water partition coefficient (Wildman–Crippen LogP) is 4.17. The molecule has 134 valence electrons. The van der Waals surface area contributed by atoms with E-state index < -0.39 is 5.60 Å². The summed E-state index contributed by atoms with van der Waals surface area (Å²) in [5.74, 6) is 0. The van der Waals surface area contributed by atoms with Crippen LogP contribution in [0.4, 0.5) is 4.79 Å². The van der Waals surface area contributed by atoms with Crippen LogP contribution in [0.5, 0.6) is 0 Å². The predicted molar refractivity (Wildman–Crippen MR) is 93.7 cm³/mol. The Balaban J connectivity index is 1.72. The van der Waals surface area contributed by atoms with Crippen molar-refractivity contribution in [2.45, 2.75) is 71.1 Å². The van der Waals surface area contributed by atoms with E-state index in [1.165, 1.54) is 6.42 Å². The SMILES string of the molecule is CC(C)(C)OC(=O)N1CCCC[C@H]1CCCOCc1ccccn1. The zero-order chi connectivity index (χ0) is 17.4. The molecule has 1 aromatic heterocycles. The highest BCUT2D eigenvalue weighted by atomic mass is 16.6. The second-order valence-electron chi connectivity index (χ2n) is 7.34. The molecule has 1 aliphatic rings. The average Bonchev–Trinajstić information content (AvgIpc) is 2.54. The van der Waals surface area contributed by atoms with Crippen LogP contribution in [0, 0.1) is 0 Å². The third-order valence-corrected chi connectivity index (χ3v) is 4.06. The van der Waals surface area contributed by atoms with Gasteiger partial charge in [0.05, 0.1) is 12.3 Å². The maximum atomic E-state index is 12.4. The maximum Gasteiger partial charge on any atom is 0.410 e. The van der Waals surface area contributed by atoms with E-state index in [2.05, 4.69) is 4.98 Å². The molecule has 1 atom stereocenters. The molecule has 0 N–H and O–H groups in total. The second kappa shape index (κ2) is 9.02. The lowest BCUT2D eigenvalue weighted by Crippen LogP contribution is -2.46. The van der Waals surface area contributed by atoms with Gasteiger partial charge in [0.2, 0.25) is 0 Å². The topological polar surface area (TPSA) is 51.7 Å². The van der Waals surface area contributed by atoms with Crippen molar-refractivity contribution >= 4 is 6.09 Å². The zero-order valence-electron chi connectivity index (χ0n) is 15.2. The molecule has 0 unspecified atom stereocenters. The highest BCUT2D eigenvalue weighted by Crippen LogP contribution is 2.23. The van der Waals surface area contributed by atoms with Crippen molar-refractivity contribution in [1.29, 1.82) is 0 Å². The molecule has 24 heavy (non-hydrogen) atoms. The van der Waals surface area contributed by atoms with Crippen LogP contribution < -0.4 is 0 Å². The minimum absolute atomic E-state index is 0.179. The number of piperidine rings is 1. The van der Waals surface area contributed by atoms with Crippen molar-refractivity contribution in [1.82, 2.24) is 9.88 Å². The maximum absolute atomic E-state index is 12.4. The molecule has 1 saturated heterocycles. The molecule has 0 bridgehead atoms. The minimum Gasteiger partial charge on any atom is -0.444 e. The van der Waals surface area contributed by atoms with E-state index in [9.17, 15) is 4.79 Å². The molecule has 1 aromatic rings. The Bertz CT molecular complexity index is 499. The Hall–Kier alpha value is -1.62. The highest BCUT2D eigenvalue weighted by Gasteiger charge is 2.29. The third kappa shape index (κ3) is 6.48. The molecule has 5 nitrogen and oxygen atoms in total. The molecule has 0 radical (unpaired) electrons. The number of hydrogen-bond donors (Lipinski definition) is 0. The first kappa shape index (κ1) is 18.7. The van der Waals surface area contributed by atoms with Crippen LogP contribution in [-0.2, 0) is 16.1 Å². The lowest BCUT2D eigenvalue weighted by atomic mass is 9.98. The van der Waals surface area contributed by atoms with Crippen molar-refractivity contribution in [3.63, 3.8) is 0 Å². The molecule has 1 fully saturated rings. The first-order chi connectivity index (χ1) is 11.5. The fraction of sp³-hybridized carbons (Fsp3) is 0.684. The smallest absolute Gasteiger partial charge is 0.410 e. The van der Waals surface area contributed by atoms with Gasteiger partial charge >= 0.3 is 6.09 Å². The van der Waals surface area contributed by atoms with Crippen molar-refractivity contribution in [3.8, 4) is 0 Å². The summed E-state index contributed by atoms with van der Waals surface area (Å²) in [7, 11) is 0. The van der Waals surface area contributed by atoms with Crippen LogP contribution in [0.2, 0.25) is 0 Å². The Labute approximate surface area is 145 Å². The van der Waals surface area contributed by atoms with E-state index in [4.69, 9.17) is 9.47 Å². The average molecular weight is 334 g/mol. The lowest BCUT2D eigenvalue weighted by molar-refractivity contribution is 0.00724. The van der Waals surface area contributed by atoms with Crippen molar-refractivity contribution in [3.05, 3.63) is 30.1 Å². The summed E-state index contributed by atoms with van der Waals surface area (Å²) in [5, 5.41) is 0.